The second-order valence-corrected chi connectivity index (χ2v) is 7.60. The van der Waals surface area contributed by atoms with Gasteiger partial charge in [-0.25, -0.2) is 0 Å². The number of aryl methyl sites for hydroxylation is 2. The lowest BCUT2D eigenvalue weighted by Crippen LogP contribution is -2.32. The number of carbonyl (C=O) groups excluding carboxylic acids is 1. The number of carbonyl (C=O) groups is 1. The van der Waals surface area contributed by atoms with E-state index in [4.69, 9.17) is 0 Å². The number of tetrazole rings is 1. The fraction of sp³-hybridized carbons (Fsp3) is 0.300. The van der Waals surface area contributed by atoms with Crippen molar-refractivity contribution in [3.8, 4) is 5.69 Å². The molecule has 0 bridgehead atoms. The smallest absolute Gasteiger partial charge is 0.230 e. The molecule has 0 saturated heterocycles. The van der Waals surface area contributed by atoms with Crippen molar-refractivity contribution < 1.29 is 4.79 Å². The van der Waals surface area contributed by atoms with Gasteiger partial charge in [0, 0.05) is 0 Å². The van der Waals surface area contributed by atoms with Crippen LogP contribution >= 0.6 is 11.8 Å². The number of rotatable bonds is 5. The maximum Gasteiger partial charge on any atom is 0.230 e. The number of aromatic nitrogens is 4. The molecule has 4 rings (SSSR count). The maximum atomic E-state index is 12.5. The first-order chi connectivity index (χ1) is 13.2. The van der Waals surface area contributed by atoms with Crippen LogP contribution in [-0.4, -0.2) is 31.9 Å². The van der Waals surface area contributed by atoms with Crippen LogP contribution in [0.1, 0.15) is 35.6 Å². The summed E-state index contributed by atoms with van der Waals surface area (Å²) in [4.78, 5) is 12.5. The van der Waals surface area contributed by atoms with Crippen LogP contribution in [0.3, 0.4) is 0 Å². The molecule has 1 N–H and O–H groups in total. The van der Waals surface area contributed by atoms with Crippen LogP contribution < -0.4 is 5.32 Å². The van der Waals surface area contributed by atoms with E-state index in [0.29, 0.717) is 5.16 Å². The molecule has 1 heterocycles. The summed E-state index contributed by atoms with van der Waals surface area (Å²) in [5, 5.41) is 15.7. The van der Waals surface area contributed by atoms with Gasteiger partial charge in [0.25, 0.3) is 0 Å². The molecule has 138 valence electrons. The molecule has 0 aliphatic heterocycles. The molecule has 3 aromatic rings. The zero-order valence-corrected chi connectivity index (χ0v) is 15.9. The van der Waals surface area contributed by atoms with Crippen molar-refractivity contribution in [2.24, 2.45) is 0 Å². The minimum Gasteiger partial charge on any atom is -0.349 e. The molecule has 1 aromatic heterocycles. The van der Waals surface area contributed by atoms with E-state index in [1.807, 2.05) is 37.3 Å². The normalized spacial score (nSPS) is 16.0. The van der Waals surface area contributed by atoms with E-state index in [9.17, 15) is 4.79 Å². The zero-order chi connectivity index (χ0) is 18.6. The molecular weight excluding hydrogens is 358 g/mol. The molecule has 0 radical (unpaired) electrons. The molecule has 7 heteroatoms. The molecule has 6 nitrogen and oxygen atoms in total. The Morgan fingerprint density at radius 3 is 2.93 bits per heavy atom. The number of nitrogens with one attached hydrogen (secondary N) is 1. The third-order valence-corrected chi connectivity index (χ3v) is 5.74. The molecule has 1 atom stereocenters. The number of thioether (sulfide) groups is 1. The Bertz CT molecular complexity index is 955. The lowest BCUT2D eigenvalue weighted by Gasteiger charge is -2.26. The number of amides is 1. The SMILES string of the molecule is Cc1ccccc1-n1nnnc1SCC(=O)N[C@@H]1CCCc2ccccc21. The van der Waals surface area contributed by atoms with Crippen molar-refractivity contribution in [3.63, 3.8) is 0 Å². The second kappa shape index (κ2) is 7.92. The molecule has 0 fully saturated rings. The number of hydrogen-bond acceptors (Lipinski definition) is 5. The first kappa shape index (κ1) is 17.7. The van der Waals surface area contributed by atoms with Crippen molar-refractivity contribution in [1.29, 1.82) is 0 Å². The molecular formula is C20H21N5OS. The van der Waals surface area contributed by atoms with Gasteiger partial charge in [-0.15, -0.1) is 5.10 Å². The predicted molar refractivity (Wildman–Crippen MR) is 105 cm³/mol. The fourth-order valence-corrected chi connectivity index (χ4v) is 4.19. The summed E-state index contributed by atoms with van der Waals surface area (Å²) in [5.41, 5.74) is 4.58. The fourth-order valence-electron chi connectivity index (χ4n) is 3.49. The van der Waals surface area contributed by atoms with E-state index < -0.39 is 0 Å². The maximum absolute atomic E-state index is 12.5. The summed E-state index contributed by atoms with van der Waals surface area (Å²) in [5.74, 6) is 0.284. The van der Waals surface area contributed by atoms with E-state index in [1.165, 1.54) is 22.9 Å². The Morgan fingerprint density at radius 1 is 1.22 bits per heavy atom. The highest BCUT2D eigenvalue weighted by molar-refractivity contribution is 7.99. The lowest BCUT2D eigenvalue weighted by molar-refractivity contribution is -0.119. The van der Waals surface area contributed by atoms with Crippen LogP contribution in [0.25, 0.3) is 5.69 Å². The van der Waals surface area contributed by atoms with Crippen LogP contribution in [-0.2, 0) is 11.2 Å². The molecule has 0 saturated carbocycles. The average Bonchev–Trinajstić information content (AvgIpc) is 3.15. The van der Waals surface area contributed by atoms with Gasteiger partial charge >= 0.3 is 0 Å². The lowest BCUT2D eigenvalue weighted by atomic mass is 9.88. The summed E-state index contributed by atoms with van der Waals surface area (Å²) in [6, 6.07) is 16.4. The van der Waals surface area contributed by atoms with Crippen LogP contribution in [0.4, 0.5) is 0 Å². The van der Waals surface area contributed by atoms with Gasteiger partial charge in [0.2, 0.25) is 11.1 Å². The Hall–Kier alpha value is -2.67. The highest BCUT2D eigenvalue weighted by atomic mass is 32.2. The van der Waals surface area contributed by atoms with Crippen LogP contribution in [0.15, 0.2) is 53.7 Å². The number of fused-ring (bicyclic) bond motifs is 1. The first-order valence-electron chi connectivity index (χ1n) is 9.07. The number of para-hydroxylation sites is 1. The first-order valence-corrected chi connectivity index (χ1v) is 10.1. The molecule has 1 aliphatic rings. The molecule has 27 heavy (non-hydrogen) atoms. The molecule has 0 spiro atoms. The minimum atomic E-state index is 0.000960. The molecule has 2 aromatic carbocycles. The molecule has 1 amide bonds. The van der Waals surface area contributed by atoms with Gasteiger partial charge in [0.15, 0.2) is 0 Å². The Kier molecular flexibility index (Phi) is 5.20. The summed E-state index contributed by atoms with van der Waals surface area (Å²) in [6.07, 6.45) is 3.16. The van der Waals surface area contributed by atoms with Crippen molar-refractivity contribution in [3.05, 3.63) is 65.2 Å². The predicted octanol–water partition coefficient (Wildman–Crippen LogP) is 3.26. The van der Waals surface area contributed by atoms with Gasteiger partial charge in [0.1, 0.15) is 0 Å². The minimum absolute atomic E-state index is 0.000960. The summed E-state index contributed by atoms with van der Waals surface area (Å²) in [7, 11) is 0. The van der Waals surface area contributed by atoms with E-state index in [-0.39, 0.29) is 17.7 Å². The number of nitrogens with zero attached hydrogens (tertiary/aromatic N) is 4. The van der Waals surface area contributed by atoms with Crippen LogP contribution in [0, 0.1) is 6.92 Å². The van der Waals surface area contributed by atoms with Crippen molar-refractivity contribution in [2.45, 2.75) is 37.4 Å². The van der Waals surface area contributed by atoms with E-state index in [1.54, 1.807) is 4.68 Å². The highest BCUT2D eigenvalue weighted by Crippen LogP contribution is 2.29. The van der Waals surface area contributed by atoms with Crippen LogP contribution in [0.5, 0.6) is 0 Å². The van der Waals surface area contributed by atoms with Gasteiger partial charge in [0.05, 0.1) is 17.5 Å². The topological polar surface area (TPSA) is 72.7 Å². The second-order valence-electron chi connectivity index (χ2n) is 6.66. The Balaban J connectivity index is 1.42. The van der Waals surface area contributed by atoms with E-state index >= 15 is 0 Å². The summed E-state index contributed by atoms with van der Waals surface area (Å²) < 4.78 is 1.68. The standard InChI is InChI=1S/C20H21N5OS/c1-14-7-2-5-12-18(14)25-20(22-23-24-25)27-13-19(26)21-17-11-6-9-15-8-3-4-10-16(15)17/h2-5,7-8,10,12,17H,6,9,11,13H2,1H3,(H,21,26)/t17-/m1/s1. The van der Waals surface area contributed by atoms with Crippen molar-refractivity contribution >= 4 is 17.7 Å². The van der Waals surface area contributed by atoms with Gasteiger partial charge in [-0.2, -0.15) is 4.68 Å². The Labute approximate surface area is 162 Å². The number of benzene rings is 2. The van der Waals surface area contributed by atoms with Crippen molar-refractivity contribution in [2.75, 3.05) is 5.75 Å². The van der Waals surface area contributed by atoms with Crippen LogP contribution in [0.2, 0.25) is 0 Å². The van der Waals surface area contributed by atoms with Gasteiger partial charge in [-0.3, -0.25) is 4.79 Å². The highest BCUT2D eigenvalue weighted by Gasteiger charge is 2.22. The van der Waals surface area contributed by atoms with Gasteiger partial charge in [-0.1, -0.05) is 54.2 Å². The van der Waals surface area contributed by atoms with Crippen molar-refractivity contribution in [1.82, 2.24) is 25.5 Å². The van der Waals surface area contributed by atoms with E-state index in [0.717, 1.165) is 30.5 Å². The van der Waals surface area contributed by atoms with Gasteiger partial charge < -0.3 is 5.32 Å². The zero-order valence-electron chi connectivity index (χ0n) is 15.1. The Morgan fingerprint density at radius 2 is 2.04 bits per heavy atom. The number of hydrogen-bond donors (Lipinski definition) is 1. The third kappa shape index (κ3) is 3.88. The average molecular weight is 379 g/mol. The van der Waals surface area contributed by atoms with E-state index in [2.05, 4.69) is 39.0 Å². The molecule has 0 unspecified atom stereocenters. The quantitative estimate of drug-likeness (QED) is 0.689. The third-order valence-electron chi connectivity index (χ3n) is 4.82. The summed E-state index contributed by atoms with van der Waals surface area (Å²) in [6.45, 7) is 2.01. The monoisotopic (exact) mass is 379 g/mol. The largest absolute Gasteiger partial charge is 0.349 e. The van der Waals surface area contributed by atoms with Gasteiger partial charge in [-0.05, 0) is 59.4 Å². The molecule has 1 aliphatic carbocycles. The summed E-state index contributed by atoms with van der Waals surface area (Å²) >= 11 is 1.35.